The predicted molar refractivity (Wildman–Crippen MR) is 141 cm³/mol. The van der Waals surface area contributed by atoms with Crippen molar-refractivity contribution < 1.29 is 14.3 Å². The van der Waals surface area contributed by atoms with E-state index in [2.05, 4.69) is 59.7 Å². The molecular formula is C29H47N3O3. The summed E-state index contributed by atoms with van der Waals surface area (Å²) in [5, 5.41) is 6.26. The molecule has 1 spiro atoms. The standard InChI is InChI=1S/C29H47N3O3/c1-23(2)21-26-27(33)30-24(3)22-35-20-9-5-8-14-29(28(34)31-26)15-18-32(19-16-29)17-10-13-25-11-6-4-7-12-25/h4,6-7,11-12,23-24,26H,5,8-10,13-22H2,1-3H3,(H,30,33)(H,31,34)/t24-,26+/m1/s1. The molecule has 0 bridgehead atoms. The van der Waals surface area contributed by atoms with E-state index in [1.807, 2.05) is 6.92 Å². The van der Waals surface area contributed by atoms with Crippen LogP contribution in [0.2, 0.25) is 0 Å². The molecule has 6 nitrogen and oxygen atoms in total. The number of carbonyl (C=O) groups is 2. The average Bonchev–Trinajstić information content (AvgIpc) is 2.84. The summed E-state index contributed by atoms with van der Waals surface area (Å²) in [7, 11) is 0. The lowest BCUT2D eigenvalue weighted by Crippen LogP contribution is -2.56. The summed E-state index contributed by atoms with van der Waals surface area (Å²) in [6, 6.07) is 10.1. The molecule has 2 atom stereocenters. The van der Waals surface area contributed by atoms with Gasteiger partial charge in [0.2, 0.25) is 11.8 Å². The highest BCUT2D eigenvalue weighted by molar-refractivity contribution is 5.90. The second-order valence-corrected chi connectivity index (χ2v) is 11.2. The molecule has 0 aromatic heterocycles. The maximum atomic E-state index is 13.8. The van der Waals surface area contributed by atoms with Crippen molar-refractivity contribution in [1.82, 2.24) is 15.5 Å². The van der Waals surface area contributed by atoms with E-state index >= 15 is 0 Å². The number of nitrogens with one attached hydrogen (secondary N) is 2. The van der Waals surface area contributed by atoms with Gasteiger partial charge in [0.15, 0.2) is 0 Å². The van der Waals surface area contributed by atoms with Crippen LogP contribution in [-0.4, -0.2) is 61.6 Å². The topological polar surface area (TPSA) is 70.7 Å². The van der Waals surface area contributed by atoms with Gasteiger partial charge in [0.25, 0.3) is 0 Å². The first-order chi connectivity index (χ1) is 16.9. The fraction of sp³-hybridized carbons (Fsp3) is 0.724. The molecule has 0 unspecified atom stereocenters. The number of rotatable bonds is 6. The second kappa shape index (κ2) is 14.0. The molecule has 0 aliphatic carbocycles. The van der Waals surface area contributed by atoms with E-state index in [4.69, 9.17) is 4.74 Å². The summed E-state index contributed by atoms with van der Waals surface area (Å²) < 4.78 is 5.79. The number of carbonyl (C=O) groups excluding carboxylic acids is 2. The van der Waals surface area contributed by atoms with Crippen molar-refractivity contribution in [3.63, 3.8) is 0 Å². The third-order valence-electron chi connectivity index (χ3n) is 7.61. The first-order valence-electron chi connectivity index (χ1n) is 13.8. The van der Waals surface area contributed by atoms with E-state index in [0.29, 0.717) is 25.6 Å². The minimum Gasteiger partial charge on any atom is -0.379 e. The van der Waals surface area contributed by atoms with E-state index < -0.39 is 6.04 Å². The van der Waals surface area contributed by atoms with Crippen LogP contribution in [0.3, 0.4) is 0 Å². The highest BCUT2D eigenvalue weighted by atomic mass is 16.5. The van der Waals surface area contributed by atoms with Crippen molar-refractivity contribution in [1.29, 1.82) is 0 Å². The summed E-state index contributed by atoms with van der Waals surface area (Å²) in [6.07, 6.45) is 8.61. The van der Waals surface area contributed by atoms with Gasteiger partial charge in [-0.1, -0.05) is 57.0 Å². The number of piperidine rings is 1. The lowest BCUT2D eigenvalue weighted by molar-refractivity contribution is -0.139. The van der Waals surface area contributed by atoms with Crippen LogP contribution in [0, 0.1) is 11.3 Å². The molecule has 2 saturated heterocycles. The van der Waals surface area contributed by atoms with Crippen molar-refractivity contribution >= 4 is 11.8 Å². The Bertz CT molecular complexity index is 775. The molecule has 2 aliphatic heterocycles. The highest BCUT2D eigenvalue weighted by Gasteiger charge is 2.42. The highest BCUT2D eigenvalue weighted by Crippen LogP contribution is 2.37. The molecule has 2 heterocycles. The van der Waals surface area contributed by atoms with E-state index in [0.717, 1.165) is 71.0 Å². The van der Waals surface area contributed by atoms with Gasteiger partial charge < -0.3 is 20.3 Å². The molecule has 2 fully saturated rings. The van der Waals surface area contributed by atoms with Gasteiger partial charge in [0.05, 0.1) is 12.0 Å². The van der Waals surface area contributed by atoms with Crippen LogP contribution in [0.25, 0.3) is 0 Å². The minimum atomic E-state index is -0.492. The van der Waals surface area contributed by atoms with Gasteiger partial charge in [-0.15, -0.1) is 0 Å². The van der Waals surface area contributed by atoms with Crippen molar-refractivity contribution in [2.24, 2.45) is 11.3 Å². The van der Waals surface area contributed by atoms with Gasteiger partial charge in [0.1, 0.15) is 6.04 Å². The SMILES string of the molecule is CC(C)C[C@@H]1NC(=O)C2(CCCCCOC[C@@H](C)NC1=O)CCN(CCCc1ccccc1)CC2. The number of amides is 2. The summed E-state index contributed by atoms with van der Waals surface area (Å²) in [4.78, 5) is 29.3. The Morgan fingerprint density at radius 1 is 1.03 bits per heavy atom. The van der Waals surface area contributed by atoms with Crippen molar-refractivity contribution in [2.75, 3.05) is 32.8 Å². The number of aryl methyl sites for hydroxylation is 1. The van der Waals surface area contributed by atoms with E-state index in [1.165, 1.54) is 5.56 Å². The van der Waals surface area contributed by atoms with Crippen LogP contribution in [0.5, 0.6) is 0 Å². The van der Waals surface area contributed by atoms with Gasteiger partial charge >= 0.3 is 0 Å². The molecule has 2 amide bonds. The molecule has 0 radical (unpaired) electrons. The number of hydrogen-bond donors (Lipinski definition) is 2. The van der Waals surface area contributed by atoms with E-state index in [9.17, 15) is 9.59 Å². The molecule has 2 N–H and O–H groups in total. The van der Waals surface area contributed by atoms with Gasteiger partial charge in [-0.3, -0.25) is 9.59 Å². The van der Waals surface area contributed by atoms with Crippen LogP contribution >= 0.6 is 0 Å². The number of hydrogen-bond acceptors (Lipinski definition) is 4. The maximum absolute atomic E-state index is 13.8. The van der Waals surface area contributed by atoms with Gasteiger partial charge in [-0.25, -0.2) is 0 Å². The number of likely N-dealkylation sites (tertiary alicyclic amines) is 1. The van der Waals surface area contributed by atoms with Crippen LogP contribution in [0.15, 0.2) is 30.3 Å². The quantitative estimate of drug-likeness (QED) is 0.629. The Balaban J connectivity index is 1.62. The lowest BCUT2D eigenvalue weighted by Gasteiger charge is -2.41. The number of nitrogens with zero attached hydrogens (tertiary/aromatic N) is 1. The van der Waals surface area contributed by atoms with Crippen molar-refractivity contribution in [2.45, 2.75) is 90.6 Å². The van der Waals surface area contributed by atoms with Crippen LogP contribution < -0.4 is 10.6 Å². The minimum absolute atomic E-state index is 0.0647. The first-order valence-corrected chi connectivity index (χ1v) is 13.8. The molecule has 0 saturated carbocycles. The first kappa shape index (κ1) is 27.7. The fourth-order valence-electron chi connectivity index (χ4n) is 5.45. The zero-order chi connectivity index (χ0) is 25.1. The maximum Gasteiger partial charge on any atom is 0.242 e. The fourth-order valence-corrected chi connectivity index (χ4v) is 5.45. The normalized spacial score (nSPS) is 25.1. The molecule has 35 heavy (non-hydrogen) atoms. The molecule has 6 heteroatoms. The Morgan fingerprint density at radius 3 is 2.49 bits per heavy atom. The molecule has 1 aromatic carbocycles. The Labute approximate surface area is 212 Å². The summed E-state index contributed by atoms with van der Waals surface area (Å²) in [5.74, 6) is 0.316. The third kappa shape index (κ3) is 8.91. The van der Waals surface area contributed by atoms with Crippen LogP contribution in [0.4, 0.5) is 0 Å². The largest absolute Gasteiger partial charge is 0.379 e. The van der Waals surface area contributed by atoms with E-state index in [-0.39, 0.29) is 23.3 Å². The Hall–Kier alpha value is -1.92. The summed E-state index contributed by atoms with van der Waals surface area (Å²) >= 11 is 0. The second-order valence-electron chi connectivity index (χ2n) is 11.2. The van der Waals surface area contributed by atoms with Crippen LogP contribution in [-0.2, 0) is 20.7 Å². The number of ether oxygens (including phenoxy) is 1. The van der Waals surface area contributed by atoms with Crippen molar-refractivity contribution in [3.8, 4) is 0 Å². The molecule has 196 valence electrons. The Kier molecular flexibility index (Phi) is 11.1. The Morgan fingerprint density at radius 2 is 1.77 bits per heavy atom. The third-order valence-corrected chi connectivity index (χ3v) is 7.61. The molecule has 3 rings (SSSR count). The molecule has 2 aliphatic rings. The summed E-state index contributed by atoms with van der Waals surface area (Å²) in [5.41, 5.74) is 1.02. The van der Waals surface area contributed by atoms with Crippen LogP contribution in [0.1, 0.15) is 77.7 Å². The van der Waals surface area contributed by atoms with Gasteiger partial charge in [0, 0.05) is 12.6 Å². The van der Waals surface area contributed by atoms with E-state index in [1.54, 1.807) is 0 Å². The zero-order valence-electron chi connectivity index (χ0n) is 22.2. The predicted octanol–water partition coefficient (Wildman–Crippen LogP) is 4.33. The monoisotopic (exact) mass is 485 g/mol. The lowest BCUT2D eigenvalue weighted by atomic mass is 9.73. The number of benzene rings is 1. The molecular weight excluding hydrogens is 438 g/mol. The summed E-state index contributed by atoms with van der Waals surface area (Å²) in [6.45, 7) is 10.4. The molecule has 1 aromatic rings. The van der Waals surface area contributed by atoms with Crippen molar-refractivity contribution in [3.05, 3.63) is 35.9 Å². The smallest absolute Gasteiger partial charge is 0.242 e. The van der Waals surface area contributed by atoms with Gasteiger partial charge in [-0.05, 0) is 83.0 Å². The average molecular weight is 486 g/mol. The zero-order valence-corrected chi connectivity index (χ0v) is 22.2. The van der Waals surface area contributed by atoms with Gasteiger partial charge in [-0.2, -0.15) is 0 Å².